The minimum Gasteiger partial charge on any atom is -0.491 e. The van der Waals surface area contributed by atoms with Crippen LogP contribution in [-0.4, -0.2) is 20.4 Å². The van der Waals surface area contributed by atoms with Gasteiger partial charge in [0.1, 0.15) is 5.75 Å². The number of hydrogen-bond donors (Lipinski definition) is 2. The van der Waals surface area contributed by atoms with Crippen molar-refractivity contribution in [2.24, 2.45) is 0 Å². The predicted octanol–water partition coefficient (Wildman–Crippen LogP) is 4.20. The number of hydrogen-bond acceptors (Lipinski definition) is 4. The van der Waals surface area contributed by atoms with Crippen LogP contribution in [0.1, 0.15) is 29.8 Å². The van der Waals surface area contributed by atoms with Gasteiger partial charge in [-0.1, -0.05) is 30.3 Å². The zero-order valence-electron chi connectivity index (χ0n) is 16.8. The average molecular weight is 425 g/mol. The average Bonchev–Trinajstić information content (AvgIpc) is 2.73. The summed E-state index contributed by atoms with van der Waals surface area (Å²) in [5.41, 5.74) is 1.85. The highest BCUT2D eigenvalue weighted by Gasteiger charge is 2.14. The lowest BCUT2D eigenvalue weighted by atomic mass is 10.2. The van der Waals surface area contributed by atoms with Crippen molar-refractivity contribution in [3.63, 3.8) is 0 Å². The van der Waals surface area contributed by atoms with Crippen molar-refractivity contribution in [3.05, 3.63) is 90.0 Å². The first kappa shape index (κ1) is 21.5. The summed E-state index contributed by atoms with van der Waals surface area (Å²) in [5.74, 6) is 0.406. The summed E-state index contributed by atoms with van der Waals surface area (Å²) < 4.78 is 33.1. The molecule has 0 aliphatic carbocycles. The predicted molar refractivity (Wildman–Crippen MR) is 117 cm³/mol. The summed E-state index contributed by atoms with van der Waals surface area (Å²) in [7, 11) is -3.65. The van der Waals surface area contributed by atoms with E-state index in [1.54, 1.807) is 36.4 Å². The molecule has 0 aromatic heterocycles. The smallest absolute Gasteiger partial charge is 0.255 e. The van der Waals surface area contributed by atoms with Crippen LogP contribution >= 0.6 is 0 Å². The molecule has 156 valence electrons. The lowest BCUT2D eigenvalue weighted by molar-refractivity contribution is 0.102. The van der Waals surface area contributed by atoms with Gasteiger partial charge in [0.15, 0.2) is 0 Å². The van der Waals surface area contributed by atoms with E-state index in [4.69, 9.17) is 4.74 Å². The summed E-state index contributed by atoms with van der Waals surface area (Å²) in [6.07, 6.45) is 0.0571. The van der Waals surface area contributed by atoms with Crippen LogP contribution in [0.5, 0.6) is 5.75 Å². The van der Waals surface area contributed by atoms with Crippen LogP contribution in [0.15, 0.2) is 83.8 Å². The quantitative estimate of drug-likeness (QED) is 0.567. The van der Waals surface area contributed by atoms with E-state index in [1.165, 1.54) is 12.1 Å². The molecule has 0 radical (unpaired) electrons. The minimum absolute atomic E-state index is 0.0571. The fourth-order valence-electron chi connectivity index (χ4n) is 2.74. The van der Waals surface area contributed by atoms with E-state index in [2.05, 4.69) is 10.0 Å². The van der Waals surface area contributed by atoms with Crippen LogP contribution in [-0.2, 0) is 16.6 Å². The highest BCUT2D eigenvalue weighted by molar-refractivity contribution is 7.89. The molecule has 0 aliphatic heterocycles. The SMILES string of the molecule is CC(C)Oc1ccc(C(=O)Nc2ccc(S(=O)(=O)NCc3ccccc3)cc2)cc1. The zero-order valence-corrected chi connectivity index (χ0v) is 17.6. The molecule has 3 aromatic rings. The largest absolute Gasteiger partial charge is 0.491 e. The van der Waals surface area contributed by atoms with E-state index in [0.717, 1.165) is 5.56 Å². The van der Waals surface area contributed by atoms with Gasteiger partial charge < -0.3 is 10.1 Å². The number of ether oxygens (including phenoxy) is 1. The summed E-state index contributed by atoms with van der Waals surface area (Å²) in [6, 6.07) is 22.2. The summed E-state index contributed by atoms with van der Waals surface area (Å²) >= 11 is 0. The van der Waals surface area contributed by atoms with Crippen LogP contribution in [0, 0.1) is 0 Å². The van der Waals surface area contributed by atoms with E-state index in [1.807, 2.05) is 44.2 Å². The third-order valence-electron chi connectivity index (χ3n) is 4.22. The van der Waals surface area contributed by atoms with Crippen LogP contribution in [0.3, 0.4) is 0 Å². The number of carbonyl (C=O) groups excluding carboxylic acids is 1. The third-order valence-corrected chi connectivity index (χ3v) is 5.64. The first-order chi connectivity index (χ1) is 14.3. The lowest BCUT2D eigenvalue weighted by Crippen LogP contribution is -2.23. The van der Waals surface area contributed by atoms with Gasteiger partial charge in [0, 0.05) is 17.8 Å². The maximum atomic E-state index is 12.5. The van der Waals surface area contributed by atoms with Crippen LogP contribution < -0.4 is 14.8 Å². The Labute approximate surface area is 177 Å². The van der Waals surface area contributed by atoms with Gasteiger partial charge in [-0.05, 0) is 67.9 Å². The number of sulfonamides is 1. The summed E-state index contributed by atoms with van der Waals surface area (Å²) in [4.78, 5) is 12.5. The molecule has 0 saturated heterocycles. The molecule has 0 aliphatic rings. The van der Waals surface area contributed by atoms with Crippen molar-refractivity contribution in [1.29, 1.82) is 0 Å². The highest BCUT2D eigenvalue weighted by atomic mass is 32.2. The Morgan fingerprint density at radius 1 is 0.900 bits per heavy atom. The fraction of sp³-hybridized carbons (Fsp3) is 0.174. The number of benzene rings is 3. The molecule has 6 nitrogen and oxygen atoms in total. The highest BCUT2D eigenvalue weighted by Crippen LogP contribution is 2.17. The Morgan fingerprint density at radius 3 is 2.13 bits per heavy atom. The van der Waals surface area contributed by atoms with Crippen LogP contribution in [0.2, 0.25) is 0 Å². The Hall–Kier alpha value is -3.16. The Morgan fingerprint density at radius 2 is 1.53 bits per heavy atom. The number of rotatable bonds is 8. The van der Waals surface area contributed by atoms with Crippen LogP contribution in [0.25, 0.3) is 0 Å². The summed E-state index contributed by atoms with van der Waals surface area (Å²) in [6.45, 7) is 4.07. The monoisotopic (exact) mass is 424 g/mol. The Bertz CT molecular complexity index is 1080. The number of nitrogens with one attached hydrogen (secondary N) is 2. The molecule has 0 atom stereocenters. The van der Waals surface area contributed by atoms with Crippen molar-refractivity contribution in [3.8, 4) is 5.75 Å². The summed E-state index contributed by atoms with van der Waals surface area (Å²) in [5, 5.41) is 2.76. The molecule has 30 heavy (non-hydrogen) atoms. The molecule has 1 amide bonds. The number of anilines is 1. The molecule has 0 spiro atoms. The second-order valence-electron chi connectivity index (χ2n) is 6.98. The maximum absolute atomic E-state index is 12.5. The van der Waals surface area contributed by atoms with E-state index >= 15 is 0 Å². The standard InChI is InChI=1S/C23H24N2O4S/c1-17(2)29-21-12-8-19(9-13-21)23(26)25-20-10-14-22(15-11-20)30(27,28)24-16-18-6-4-3-5-7-18/h3-15,17,24H,16H2,1-2H3,(H,25,26). The van der Waals surface area contributed by atoms with Crippen molar-refractivity contribution in [1.82, 2.24) is 4.72 Å². The van der Waals surface area contributed by atoms with Crippen molar-refractivity contribution in [2.45, 2.75) is 31.4 Å². The fourth-order valence-corrected chi connectivity index (χ4v) is 3.75. The Kier molecular flexibility index (Phi) is 6.87. The van der Waals surface area contributed by atoms with Gasteiger partial charge in [0.05, 0.1) is 11.0 Å². The zero-order chi connectivity index (χ0) is 21.6. The first-order valence-corrected chi connectivity index (χ1v) is 11.0. The molecule has 0 bridgehead atoms. The molecule has 0 fully saturated rings. The number of amides is 1. The van der Waals surface area contributed by atoms with Crippen molar-refractivity contribution < 1.29 is 17.9 Å². The van der Waals surface area contributed by atoms with Crippen molar-refractivity contribution in [2.75, 3.05) is 5.32 Å². The van der Waals surface area contributed by atoms with Crippen LogP contribution in [0.4, 0.5) is 5.69 Å². The van der Waals surface area contributed by atoms with Crippen molar-refractivity contribution >= 4 is 21.6 Å². The molecule has 0 heterocycles. The molecule has 7 heteroatoms. The van der Waals surface area contributed by atoms with Gasteiger partial charge in [-0.3, -0.25) is 4.79 Å². The molecule has 0 saturated carbocycles. The molecular weight excluding hydrogens is 400 g/mol. The molecule has 0 unspecified atom stereocenters. The molecule has 3 aromatic carbocycles. The van der Waals surface area contributed by atoms with E-state index in [-0.39, 0.29) is 23.5 Å². The number of carbonyl (C=O) groups is 1. The minimum atomic E-state index is -3.65. The topological polar surface area (TPSA) is 84.5 Å². The van der Waals surface area contributed by atoms with Gasteiger partial charge in [-0.2, -0.15) is 0 Å². The Balaban J connectivity index is 1.61. The van der Waals surface area contributed by atoms with Gasteiger partial charge in [0.25, 0.3) is 5.91 Å². The molecule has 3 rings (SSSR count). The van der Waals surface area contributed by atoms with Gasteiger partial charge in [0.2, 0.25) is 10.0 Å². The van der Waals surface area contributed by atoms with Gasteiger partial charge >= 0.3 is 0 Å². The lowest BCUT2D eigenvalue weighted by Gasteiger charge is -2.11. The second kappa shape index (κ2) is 9.56. The maximum Gasteiger partial charge on any atom is 0.255 e. The second-order valence-corrected chi connectivity index (χ2v) is 8.75. The first-order valence-electron chi connectivity index (χ1n) is 9.55. The third kappa shape index (κ3) is 5.92. The molecular formula is C23H24N2O4S. The van der Waals surface area contributed by atoms with Gasteiger partial charge in [-0.25, -0.2) is 13.1 Å². The van der Waals surface area contributed by atoms with E-state index in [0.29, 0.717) is 17.0 Å². The van der Waals surface area contributed by atoms with E-state index < -0.39 is 10.0 Å². The van der Waals surface area contributed by atoms with Gasteiger partial charge in [-0.15, -0.1) is 0 Å². The van der Waals surface area contributed by atoms with E-state index in [9.17, 15) is 13.2 Å². The normalized spacial score (nSPS) is 11.3. The molecule has 2 N–H and O–H groups in total.